The van der Waals surface area contributed by atoms with Gasteiger partial charge in [-0.05, 0) is 63.4 Å². The van der Waals surface area contributed by atoms with E-state index in [1.165, 1.54) is 12.8 Å². The molecule has 0 saturated heterocycles. The van der Waals surface area contributed by atoms with Gasteiger partial charge in [0.1, 0.15) is 28.2 Å². The normalized spacial score (nSPS) is 25.2. The molecule has 3 saturated carbocycles. The molecule has 0 radical (unpaired) electrons. The van der Waals surface area contributed by atoms with E-state index in [1.54, 1.807) is 11.3 Å². The zero-order chi connectivity index (χ0) is 26.4. The number of Topliss-reactive ketones (excluding diaryl/α,β-unsaturated/α-hetero) is 1. The van der Waals surface area contributed by atoms with E-state index < -0.39 is 18.2 Å². The molecule has 4 atom stereocenters. The maximum atomic E-state index is 12.3. The van der Waals surface area contributed by atoms with Crippen molar-refractivity contribution in [1.82, 2.24) is 19.9 Å². The number of nitrogens with zero attached hydrogens (tertiary/aromatic N) is 4. The number of carbonyl (C=O) groups is 1. The standard InChI is InChI=1S/C28H36N6O3S/c1-3-4-18(35)11-17-12-19(25(37)24(17)36)32-26-21(14(2)31-28(34-26)30-13-15-5-6-15)27-33-23-20(38-27)9-10-29-22(23)16-7-8-16/h9-10,15-17,19,24-25,36-37H,3-8,11-13H2,1-2H3,(H2,30,31,32,34)/t17-,19+,24+,25-/m0/s1. The number of aliphatic hydroxyl groups is 2. The summed E-state index contributed by atoms with van der Waals surface area (Å²) in [6, 6.07) is 1.57. The lowest BCUT2D eigenvalue weighted by molar-refractivity contribution is -0.121. The fourth-order valence-corrected chi connectivity index (χ4v) is 6.59. The van der Waals surface area contributed by atoms with Crippen LogP contribution in [-0.2, 0) is 4.79 Å². The van der Waals surface area contributed by atoms with Gasteiger partial charge in [0.15, 0.2) is 0 Å². The molecule has 3 heterocycles. The molecule has 3 aliphatic rings. The molecule has 10 heteroatoms. The Hall–Kier alpha value is -2.69. The molecule has 3 fully saturated rings. The summed E-state index contributed by atoms with van der Waals surface area (Å²) in [4.78, 5) is 31.5. The van der Waals surface area contributed by atoms with E-state index in [9.17, 15) is 15.0 Å². The zero-order valence-electron chi connectivity index (χ0n) is 22.0. The van der Waals surface area contributed by atoms with Gasteiger partial charge >= 0.3 is 0 Å². The van der Waals surface area contributed by atoms with Crippen LogP contribution in [0.2, 0.25) is 0 Å². The Labute approximate surface area is 226 Å². The molecule has 0 bridgehead atoms. The van der Waals surface area contributed by atoms with Gasteiger partial charge in [-0.15, -0.1) is 11.3 Å². The van der Waals surface area contributed by atoms with E-state index in [0.717, 1.165) is 58.0 Å². The molecular formula is C28H36N6O3S. The molecule has 202 valence electrons. The third-order valence-electron chi connectivity index (χ3n) is 7.99. The molecule has 0 aliphatic heterocycles. The predicted octanol–water partition coefficient (Wildman–Crippen LogP) is 4.44. The second-order valence-electron chi connectivity index (χ2n) is 11.2. The van der Waals surface area contributed by atoms with Crippen LogP contribution in [0, 0.1) is 18.8 Å². The van der Waals surface area contributed by atoms with Gasteiger partial charge in [-0.1, -0.05) is 6.92 Å². The number of aryl methyl sites for hydroxylation is 1. The lowest BCUT2D eigenvalue weighted by atomic mass is 9.96. The van der Waals surface area contributed by atoms with Crippen LogP contribution in [-0.4, -0.2) is 60.7 Å². The fraction of sp³-hybridized carbons (Fsp3) is 0.607. The van der Waals surface area contributed by atoms with Crippen molar-refractivity contribution >= 4 is 39.1 Å². The van der Waals surface area contributed by atoms with Gasteiger partial charge in [-0.3, -0.25) is 9.78 Å². The first-order chi connectivity index (χ1) is 18.4. The number of carbonyl (C=O) groups excluding carboxylic acids is 1. The molecule has 3 aromatic heterocycles. The van der Waals surface area contributed by atoms with Gasteiger partial charge in [0.25, 0.3) is 0 Å². The number of thiazole rings is 1. The van der Waals surface area contributed by atoms with Crippen LogP contribution in [0.4, 0.5) is 11.8 Å². The van der Waals surface area contributed by atoms with Gasteiger partial charge in [0.05, 0.1) is 33.8 Å². The van der Waals surface area contributed by atoms with Crippen LogP contribution >= 0.6 is 11.3 Å². The molecule has 0 spiro atoms. The summed E-state index contributed by atoms with van der Waals surface area (Å²) in [6.07, 6.45) is 6.71. The van der Waals surface area contributed by atoms with Crippen molar-refractivity contribution < 1.29 is 15.0 Å². The summed E-state index contributed by atoms with van der Waals surface area (Å²) in [5.74, 6) is 2.14. The highest BCUT2D eigenvalue weighted by Crippen LogP contribution is 2.44. The first kappa shape index (κ1) is 25.6. The summed E-state index contributed by atoms with van der Waals surface area (Å²) in [6.45, 7) is 4.77. The Morgan fingerprint density at radius 1 is 1.13 bits per heavy atom. The molecule has 0 amide bonds. The molecule has 6 rings (SSSR count). The molecule has 9 nitrogen and oxygen atoms in total. The zero-order valence-corrected chi connectivity index (χ0v) is 22.8. The van der Waals surface area contributed by atoms with Gasteiger partial charge in [0.2, 0.25) is 5.95 Å². The Kier molecular flexibility index (Phi) is 7.05. The van der Waals surface area contributed by atoms with Gasteiger partial charge in [-0.25, -0.2) is 9.97 Å². The first-order valence-corrected chi connectivity index (χ1v) is 14.8. The smallest absolute Gasteiger partial charge is 0.224 e. The molecule has 3 aliphatic carbocycles. The van der Waals surface area contributed by atoms with Crippen LogP contribution in [0.15, 0.2) is 12.3 Å². The number of aromatic nitrogens is 4. The highest BCUT2D eigenvalue weighted by molar-refractivity contribution is 7.21. The van der Waals surface area contributed by atoms with Crippen LogP contribution in [0.3, 0.4) is 0 Å². The number of fused-ring (bicyclic) bond motifs is 1. The quantitative estimate of drug-likeness (QED) is 0.281. The number of ketones is 1. The predicted molar refractivity (Wildman–Crippen MR) is 148 cm³/mol. The monoisotopic (exact) mass is 536 g/mol. The van der Waals surface area contributed by atoms with Crippen molar-refractivity contribution in [2.45, 2.75) is 89.4 Å². The van der Waals surface area contributed by atoms with E-state index in [1.807, 2.05) is 26.1 Å². The van der Waals surface area contributed by atoms with Crippen LogP contribution in [0.5, 0.6) is 0 Å². The second kappa shape index (κ2) is 10.5. The maximum absolute atomic E-state index is 12.3. The van der Waals surface area contributed by atoms with Gasteiger partial charge in [-0.2, -0.15) is 4.98 Å². The molecule has 0 unspecified atom stereocenters. The average Bonchev–Trinajstić information content (AvgIpc) is 3.82. The number of hydrogen-bond acceptors (Lipinski definition) is 10. The number of hydrogen-bond donors (Lipinski definition) is 4. The van der Waals surface area contributed by atoms with Crippen LogP contribution in [0.1, 0.15) is 75.6 Å². The van der Waals surface area contributed by atoms with Crippen molar-refractivity contribution in [3.63, 3.8) is 0 Å². The van der Waals surface area contributed by atoms with E-state index in [4.69, 9.17) is 15.0 Å². The summed E-state index contributed by atoms with van der Waals surface area (Å²) < 4.78 is 1.09. The van der Waals surface area contributed by atoms with Crippen molar-refractivity contribution in [2.75, 3.05) is 17.2 Å². The SMILES string of the molecule is CCCC(=O)C[C@H]1C[C@@H](Nc2nc(NCC3CC3)nc(C)c2-c2nc3c(C4CC4)nccc3s2)[C@H](O)[C@@H]1O. The van der Waals surface area contributed by atoms with Crippen LogP contribution in [0.25, 0.3) is 20.8 Å². The molecule has 3 aromatic rings. The van der Waals surface area contributed by atoms with Crippen LogP contribution < -0.4 is 10.6 Å². The lowest BCUT2D eigenvalue weighted by Gasteiger charge is -2.21. The number of pyridine rings is 1. The maximum Gasteiger partial charge on any atom is 0.224 e. The second-order valence-corrected chi connectivity index (χ2v) is 12.3. The Morgan fingerprint density at radius 2 is 1.95 bits per heavy atom. The summed E-state index contributed by atoms with van der Waals surface area (Å²) in [5.41, 5.74) is 3.61. The fourth-order valence-electron chi connectivity index (χ4n) is 5.53. The molecule has 38 heavy (non-hydrogen) atoms. The topological polar surface area (TPSA) is 133 Å². The average molecular weight is 537 g/mol. The van der Waals surface area contributed by atoms with Crippen molar-refractivity contribution in [1.29, 1.82) is 0 Å². The van der Waals surface area contributed by atoms with Gasteiger partial charge < -0.3 is 20.8 Å². The van der Waals surface area contributed by atoms with E-state index >= 15 is 0 Å². The number of rotatable bonds is 11. The molecule has 0 aromatic carbocycles. The van der Waals surface area contributed by atoms with Crippen molar-refractivity contribution in [3.05, 3.63) is 23.7 Å². The highest BCUT2D eigenvalue weighted by atomic mass is 32.1. The van der Waals surface area contributed by atoms with Crippen molar-refractivity contribution in [3.8, 4) is 10.6 Å². The molecular weight excluding hydrogens is 500 g/mol. The van der Waals surface area contributed by atoms with E-state index in [2.05, 4.69) is 15.6 Å². The first-order valence-electron chi connectivity index (χ1n) is 13.9. The summed E-state index contributed by atoms with van der Waals surface area (Å²) >= 11 is 1.60. The Morgan fingerprint density at radius 3 is 2.68 bits per heavy atom. The lowest BCUT2D eigenvalue weighted by Crippen LogP contribution is -2.35. The number of anilines is 2. The Balaban J connectivity index is 1.33. The van der Waals surface area contributed by atoms with Gasteiger partial charge in [0, 0.05) is 31.5 Å². The summed E-state index contributed by atoms with van der Waals surface area (Å²) in [5, 5.41) is 29.3. The minimum Gasteiger partial charge on any atom is -0.390 e. The minimum atomic E-state index is -0.999. The number of aliphatic hydroxyl groups excluding tert-OH is 2. The Bertz CT molecular complexity index is 1340. The third-order valence-corrected chi connectivity index (χ3v) is 9.03. The summed E-state index contributed by atoms with van der Waals surface area (Å²) in [7, 11) is 0. The molecule has 4 N–H and O–H groups in total. The third kappa shape index (κ3) is 5.26. The number of nitrogens with one attached hydrogen (secondary N) is 2. The van der Waals surface area contributed by atoms with E-state index in [-0.39, 0.29) is 18.1 Å². The van der Waals surface area contributed by atoms with Crippen molar-refractivity contribution in [2.24, 2.45) is 11.8 Å². The largest absolute Gasteiger partial charge is 0.390 e. The van der Waals surface area contributed by atoms with E-state index in [0.29, 0.717) is 36.4 Å². The minimum absolute atomic E-state index is 0.129. The highest BCUT2D eigenvalue weighted by Gasteiger charge is 2.42.